The van der Waals surface area contributed by atoms with Crippen molar-refractivity contribution in [2.45, 2.75) is 13.5 Å². The monoisotopic (exact) mass is 404 g/mol. The number of hydrogen-bond donors (Lipinski definition) is 1. The molecule has 3 rings (SSSR count). The van der Waals surface area contributed by atoms with Crippen LogP contribution in [0.2, 0.25) is 5.02 Å². The number of carbonyl (C=O) groups is 1. The molecule has 0 atom stereocenters. The summed E-state index contributed by atoms with van der Waals surface area (Å²) in [6.45, 7) is 2.59. The van der Waals surface area contributed by atoms with E-state index in [1.165, 1.54) is 0 Å². The van der Waals surface area contributed by atoms with Crippen LogP contribution in [0.1, 0.15) is 17.3 Å². The van der Waals surface area contributed by atoms with Gasteiger partial charge in [-0.25, -0.2) is 0 Å². The highest BCUT2D eigenvalue weighted by Crippen LogP contribution is 2.19. The van der Waals surface area contributed by atoms with Gasteiger partial charge in [0.2, 0.25) is 5.43 Å². The lowest BCUT2D eigenvalue weighted by molar-refractivity contribution is 0.102. The molecule has 0 fully saturated rings. The normalized spacial score (nSPS) is 10.8. The first-order valence-corrected chi connectivity index (χ1v) is 8.56. The van der Waals surface area contributed by atoms with Crippen LogP contribution in [-0.2, 0) is 6.54 Å². The fraction of sp³-hybridized carbons (Fsp3) is 0.111. The van der Waals surface area contributed by atoms with Gasteiger partial charge < -0.3 is 9.88 Å². The summed E-state index contributed by atoms with van der Waals surface area (Å²) in [7, 11) is 0. The summed E-state index contributed by atoms with van der Waals surface area (Å²) in [5.41, 5.74) is 1.14. The minimum absolute atomic E-state index is 0.0922. The average molecular weight is 406 g/mol. The molecule has 1 aromatic heterocycles. The quantitative estimate of drug-likeness (QED) is 0.687. The van der Waals surface area contributed by atoms with Crippen LogP contribution in [0.4, 0.5) is 5.69 Å². The lowest BCUT2D eigenvalue weighted by atomic mass is 10.1. The maximum Gasteiger partial charge on any atom is 0.261 e. The second-order valence-electron chi connectivity index (χ2n) is 5.28. The van der Waals surface area contributed by atoms with Crippen molar-refractivity contribution in [3.8, 4) is 0 Å². The van der Waals surface area contributed by atoms with Gasteiger partial charge in [0, 0.05) is 33.3 Å². The summed E-state index contributed by atoms with van der Waals surface area (Å²) >= 11 is 9.35. The average Bonchev–Trinajstić information content (AvgIpc) is 2.57. The zero-order valence-electron chi connectivity index (χ0n) is 12.8. The maximum atomic E-state index is 12.7. The van der Waals surface area contributed by atoms with Gasteiger partial charge in [0.05, 0.1) is 5.52 Å². The molecule has 24 heavy (non-hydrogen) atoms. The number of aryl methyl sites for hydroxylation is 1. The molecule has 0 aliphatic heterocycles. The first kappa shape index (κ1) is 16.7. The molecule has 1 heterocycles. The molecule has 0 saturated heterocycles. The molecular weight excluding hydrogens is 392 g/mol. The van der Waals surface area contributed by atoms with Gasteiger partial charge in [-0.05, 0) is 49.4 Å². The molecular formula is C18H14BrClN2O2. The number of fused-ring (bicyclic) bond motifs is 1. The second kappa shape index (κ2) is 6.79. The number of benzene rings is 2. The van der Waals surface area contributed by atoms with Crippen molar-refractivity contribution < 1.29 is 4.79 Å². The number of nitrogens with zero attached hydrogens (tertiary/aromatic N) is 1. The Balaban J connectivity index is 2.08. The SMILES string of the molecule is CCn1cc(C(=O)Nc2ccc(Br)cc2)c(=O)c2cc(Cl)ccc21. The Bertz CT molecular complexity index is 981. The zero-order valence-corrected chi connectivity index (χ0v) is 15.2. The van der Waals surface area contributed by atoms with Crippen LogP contribution >= 0.6 is 27.5 Å². The van der Waals surface area contributed by atoms with Crippen molar-refractivity contribution in [3.63, 3.8) is 0 Å². The number of hydrogen-bond acceptors (Lipinski definition) is 2. The number of nitrogens with one attached hydrogen (secondary N) is 1. The van der Waals surface area contributed by atoms with Crippen molar-refractivity contribution in [2.75, 3.05) is 5.32 Å². The molecule has 1 N–H and O–H groups in total. The number of rotatable bonds is 3. The van der Waals surface area contributed by atoms with Gasteiger partial charge >= 0.3 is 0 Å². The van der Waals surface area contributed by atoms with Crippen molar-refractivity contribution in [1.29, 1.82) is 0 Å². The number of halogens is 2. The molecule has 6 heteroatoms. The van der Waals surface area contributed by atoms with E-state index in [0.29, 0.717) is 22.6 Å². The number of aromatic nitrogens is 1. The van der Waals surface area contributed by atoms with Crippen LogP contribution in [0.25, 0.3) is 10.9 Å². The van der Waals surface area contributed by atoms with Gasteiger partial charge in [-0.15, -0.1) is 0 Å². The largest absolute Gasteiger partial charge is 0.347 e. The van der Waals surface area contributed by atoms with Crippen LogP contribution in [0.5, 0.6) is 0 Å². The Kier molecular flexibility index (Phi) is 4.73. The van der Waals surface area contributed by atoms with E-state index in [1.807, 2.05) is 23.6 Å². The molecule has 0 saturated carbocycles. The van der Waals surface area contributed by atoms with Crippen LogP contribution in [-0.4, -0.2) is 10.5 Å². The Morgan fingerprint density at radius 1 is 1.21 bits per heavy atom. The smallest absolute Gasteiger partial charge is 0.261 e. The summed E-state index contributed by atoms with van der Waals surface area (Å²) in [6, 6.07) is 12.3. The van der Waals surface area contributed by atoms with Crippen LogP contribution in [0, 0.1) is 0 Å². The lowest BCUT2D eigenvalue weighted by Crippen LogP contribution is -2.23. The molecule has 0 aliphatic carbocycles. The Morgan fingerprint density at radius 2 is 1.92 bits per heavy atom. The third-order valence-electron chi connectivity index (χ3n) is 3.73. The minimum atomic E-state index is -0.439. The maximum absolute atomic E-state index is 12.7. The molecule has 4 nitrogen and oxygen atoms in total. The second-order valence-corrected chi connectivity index (χ2v) is 6.63. The molecule has 0 aliphatic rings. The minimum Gasteiger partial charge on any atom is -0.347 e. The third-order valence-corrected chi connectivity index (χ3v) is 4.49. The van der Waals surface area contributed by atoms with Gasteiger partial charge in [-0.1, -0.05) is 27.5 Å². The molecule has 1 amide bonds. The molecule has 0 radical (unpaired) electrons. The van der Waals surface area contributed by atoms with E-state index in [0.717, 1.165) is 9.99 Å². The fourth-order valence-electron chi connectivity index (χ4n) is 2.52. The van der Waals surface area contributed by atoms with Gasteiger partial charge in [-0.3, -0.25) is 9.59 Å². The van der Waals surface area contributed by atoms with E-state index in [-0.39, 0.29) is 11.0 Å². The summed E-state index contributed by atoms with van der Waals surface area (Å²) in [5, 5.41) is 3.65. The van der Waals surface area contributed by atoms with Gasteiger partial charge in [0.1, 0.15) is 5.56 Å². The molecule has 3 aromatic rings. The molecule has 122 valence electrons. The fourth-order valence-corrected chi connectivity index (χ4v) is 2.96. The van der Waals surface area contributed by atoms with E-state index < -0.39 is 5.91 Å². The number of amides is 1. The van der Waals surface area contributed by atoms with E-state index >= 15 is 0 Å². The number of anilines is 1. The number of carbonyl (C=O) groups excluding carboxylic acids is 1. The Labute approximate surface area is 152 Å². The summed E-state index contributed by atoms with van der Waals surface area (Å²) in [4.78, 5) is 25.2. The topological polar surface area (TPSA) is 51.1 Å². The predicted octanol–water partition coefficient (Wildman–Crippen LogP) is 4.69. The summed E-state index contributed by atoms with van der Waals surface area (Å²) in [6.07, 6.45) is 1.59. The lowest BCUT2D eigenvalue weighted by Gasteiger charge is -2.12. The Morgan fingerprint density at radius 3 is 2.58 bits per heavy atom. The first-order chi connectivity index (χ1) is 11.5. The van der Waals surface area contributed by atoms with Crippen molar-refractivity contribution in [1.82, 2.24) is 4.57 Å². The molecule has 0 unspecified atom stereocenters. The third kappa shape index (κ3) is 3.23. The highest BCUT2D eigenvalue weighted by atomic mass is 79.9. The highest BCUT2D eigenvalue weighted by molar-refractivity contribution is 9.10. The number of pyridine rings is 1. The Hall–Kier alpha value is -2.11. The van der Waals surface area contributed by atoms with E-state index in [9.17, 15) is 9.59 Å². The predicted molar refractivity (Wildman–Crippen MR) is 101 cm³/mol. The van der Waals surface area contributed by atoms with Crippen molar-refractivity contribution >= 4 is 50.0 Å². The summed E-state index contributed by atoms with van der Waals surface area (Å²) < 4.78 is 2.78. The van der Waals surface area contributed by atoms with E-state index in [4.69, 9.17) is 11.6 Å². The van der Waals surface area contributed by atoms with E-state index in [1.54, 1.807) is 36.5 Å². The zero-order chi connectivity index (χ0) is 17.3. The van der Waals surface area contributed by atoms with Crippen molar-refractivity contribution in [2.24, 2.45) is 0 Å². The van der Waals surface area contributed by atoms with Crippen LogP contribution < -0.4 is 10.7 Å². The standard InChI is InChI=1S/C18H14BrClN2O2/c1-2-22-10-15(17(23)14-9-12(20)5-8-16(14)22)18(24)21-13-6-3-11(19)4-7-13/h3-10H,2H2,1H3,(H,21,24). The van der Waals surface area contributed by atoms with Gasteiger partial charge in [0.15, 0.2) is 0 Å². The highest BCUT2D eigenvalue weighted by Gasteiger charge is 2.15. The van der Waals surface area contributed by atoms with Gasteiger partial charge in [-0.2, -0.15) is 0 Å². The first-order valence-electron chi connectivity index (χ1n) is 7.39. The molecule has 0 spiro atoms. The van der Waals surface area contributed by atoms with Crippen LogP contribution in [0.3, 0.4) is 0 Å². The van der Waals surface area contributed by atoms with Gasteiger partial charge in [0.25, 0.3) is 5.91 Å². The molecule has 2 aromatic carbocycles. The van der Waals surface area contributed by atoms with Crippen molar-refractivity contribution in [3.05, 3.63) is 73.9 Å². The summed E-state index contributed by atoms with van der Waals surface area (Å²) in [5.74, 6) is -0.439. The molecule has 0 bridgehead atoms. The van der Waals surface area contributed by atoms with Crippen LogP contribution in [0.15, 0.2) is 57.9 Å². The van der Waals surface area contributed by atoms with E-state index in [2.05, 4.69) is 21.2 Å².